The lowest BCUT2D eigenvalue weighted by Gasteiger charge is -2.29. The Balaban J connectivity index is 1.50. The van der Waals surface area contributed by atoms with E-state index in [0.717, 1.165) is 10.9 Å². The number of para-hydroxylation sites is 1. The smallest absolute Gasteiger partial charge is 0.243 e. The van der Waals surface area contributed by atoms with Crippen molar-refractivity contribution in [3.05, 3.63) is 71.9 Å². The van der Waals surface area contributed by atoms with Crippen LogP contribution in [0.5, 0.6) is 0 Å². The number of hydrogen-bond donors (Lipinski definition) is 10. The fourth-order valence-corrected chi connectivity index (χ4v) is 7.66. The lowest BCUT2D eigenvalue weighted by molar-refractivity contribution is -0.143. The van der Waals surface area contributed by atoms with E-state index in [2.05, 4.69) is 36.6 Å². The molecule has 7 amide bonds. The number of fused-ring (bicyclic) bond motifs is 2. The quantitative estimate of drug-likeness (QED) is 0.0691. The molecule has 0 radical (unpaired) electrons. The average Bonchev–Trinajstić information content (AvgIpc) is 3.83. The minimum absolute atomic E-state index is 0.00737. The third-order valence-electron chi connectivity index (χ3n) is 10.9. The summed E-state index contributed by atoms with van der Waals surface area (Å²) in [6, 6.07) is 10.2. The molecule has 2 fully saturated rings. The number of primary amides is 1. The first-order valence-corrected chi connectivity index (χ1v) is 20.6. The number of aliphatic imine (C=N–C) groups is 1. The van der Waals surface area contributed by atoms with Gasteiger partial charge in [-0.25, -0.2) is 0 Å². The van der Waals surface area contributed by atoms with Gasteiger partial charge in [0.15, 0.2) is 5.96 Å². The predicted molar refractivity (Wildman–Crippen MR) is 226 cm³/mol. The van der Waals surface area contributed by atoms with E-state index in [1.807, 2.05) is 24.3 Å². The molecular formula is C42H57N11O8. The standard InChI is InChI=1S/C42H57N11O8/c1-24-18-35(55)46-16-8-7-14-30(36(43)56)49-39(59)33(20-26-22-48-29-13-6-5-12-28(26)29)51-37(57)31(15-9-17-47-42(44)45)50-38(58)32(19-25-10-3-2-4-11-25)52-40(60)34-21-27(54)23-53(34)41(24)61/h2-6,10-13,22,24,27,30-34,48,54H,7-9,14-21,23H2,1H3,(H2,43,56)(H,46,55)(H,49,59)(H,50,58)(H,51,57)(H,52,60)(H4,44,45,47)/t24?,27-,30+,31+,32-,33+,34+/m1/s1. The van der Waals surface area contributed by atoms with Gasteiger partial charge in [-0.2, -0.15) is 0 Å². The van der Waals surface area contributed by atoms with Gasteiger partial charge in [0.1, 0.15) is 30.2 Å². The minimum atomic E-state index is -1.28. The van der Waals surface area contributed by atoms with Crippen LogP contribution in [0.2, 0.25) is 0 Å². The summed E-state index contributed by atoms with van der Waals surface area (Å²) in [7, 11) is 0. The maximum atomic E-state index is 14.4. The van der Waals surface area contributed by atoms with E-state index in [-0.39, 0.29) is 70.5 Å². The first-order chi connectivity index (χ1) is 29.2. The van der Waals surface area contributed by atoms with Crippen LogP contribution in [0, 0.1) is 5.92 Å². The number of hydrogen-bond acceptors (Lipinski definition) is 9. The molecule has 2 aromatic carbocycles. The molecule has 19 nitrogen and oxygen atoms in total. The van der Waals surface area contributed by atoms with E-state index in [1.54, 1.807) is 43.5 Å². The van der Waals surface area contributed by atoms with Crippen LogP contribution < -0.4 is 43.8 Å². The van der Waals surface area contributed by atoms with E-state index in [1.165, 1.54) is 4.90 Å². The molecule has 0 saturated carbocycles. The Labute approximate surface area is 353 Å². The van der Waals surface area contributed by atoms with Crippen LogP contribution >= 0.6 is 0 Å². The van der Waals surface area contributed by atoms with Crippen LogP contribution in [0.1, 0.15) is 63.0 Å². The molecule has 0 aliphatic carbocycles. The van der Waals surface area contributed by atoms with Gasteiger partial charge in [0.2, 0.25) is 41.4 Å². The van der Waals surface area contributed by atoms with E-state index >= 15 is 0 Å². The van der Waals surface area contributed by atoms with Crippen molar-refractivity contribution in [3.63, 3.8) is 0 Å². The summed E-state index contributed by atoms with van der Waals surface area (Å²) >= 11 is 0. The summed E-state index contributed by atoms with van der Waals surface area (Å²) in [5, 5.41) is 25.2. The number of nitrogens with zero attached hydrogens (tertiary/aromatic N) is 2. The highest BCUT2D eigenvalue weighted by Gasteiger charge is 2.42. The molecule has 328 valence electrons. The molecule has 2 aliphatic rings. The highest BCUT2D eigenvalue weighted by Crippen LogP contribution is 2.23. The summed E-state index contributed by atoms with van der Waals surface area (Å²) in [6.45, 7) is 1.72. The molecule has 0 bridgehead atoms. The molecular weight excluding hydrogens is 787 g/mol. The number of nitrogens with two attached hydrogens (primary N) is 3. The zero-order valence-corrected chi connectivity index (χ0v) is 34.2. The van der Waals surface area contributed by atoms with Gasteiger partial charge in [-0.1, -0.05) is 55.5 Å². The van der Waals surface area contributed by atoms with Gasteiger partial charge in [0.25, 0.3) is 0 Å². The van der Waals surface area contributed by atoms with Crippen LogP contribution in [0.25, 0.3) is 10.9 Å². The van der Waals surface area contributed by atoms with Crippen molar-refractivity contribution in [1.29, 1.82) is 0 Å². The largest absolute Gasteiger partial charge is 0.391 e. The number of aromatic nitrogens is 1. The number of rotatable bonds is 9. The van der Waals surface area contributed by atoms with Crippen molar-refractivity contribution >= 4 is 58.2 Å². The second kappa shape index (κ2) is 21.7. The Morgan fingerprint density at radius 2 is 1.48 bits per heavy atom. The van der Waals surface area contributed by atoms with E-state index < -0.39 is 83.6 Å². The number of aliphatic hydroxyl groups is 1. The van der Waals surface area contributed by atoms with Crippen molar-refractivity contribution in [1.82, 2.24) is 36.5 Å². The van der Waals surface area contributed by atoms with Gasteiger partial charge in [0.05, 0.1) is 6.10 Å². The van der Waals surface area contributed by atoms with E-state index in [4.69, 9.17) is 17.2 Å². The SMILES string of the molecule is CC1CC(=O)NCCCC[C@@H](C(N)=O)NC(=O)[C@H](Cc2c[nH]c3ccccc23)NC(=O)[C@H](CCCN=C(N)N)NC(=O)[C@@H](Cc2ccccc2)NC(=O)[C@@H]2C[C@@H](O)CN2C1=O. The first kappa shape index (κ1) is 45.6. The maximum Gasteiger partial charge on any atom is 0.243 e. The zero-order chi connectivity index (χ0) is 44.1. The highest BCUT2D eigenvalue weighted by atomic mass is 16.3. The van der Waals surface area contributed by atoms with Crippen molar-refractivity contribution in [2.45, 2.75) is 101 Å². The number of benzene rings is 2. The number of carbonyl (C=O) groups excluding carboxylic acids is 7. The van der Waals surface area contributed by atoms with Gasteiger partial charge >= 0.3 is 0 Å². The molecule has 3 aromatic rings. The van der Waals surface area contributed by atoms with Gasteiger partial charge in [-0.3, -0.25) is 38.6 Å². The van der Waals surface area contributed by atoms with Crippen LogP contribution in [-0.4, -0.2) is 118 Å². The zero-order valence-electron chi connectivity index (χ0n) is 34.2. The number of nitrogens with one attached hydrogen (secondary N) is 6. The Kier molecular flexibility index (Phi) is 16.2. The Morgan fingerprint density at radius 3 is 2.21 bits per heavy atom. The molecule has 2 aliphatic heterocycles. The molecule has 0 spiro atoms. The second-order valence-corrected chi connectivity index (χ2v) is 15.7. The Bertz CT molecular complexity index is 2070. The fraction of sp³-hybridized carbons (Fsp3) is 0.476. The van der Waals surface area contributed by atoms with Crippen LogP contribution in [0.4, 0.5) is 0 Å². The second-order valence-electron chi connectivity index (χ2n) is 15.7. The van der Waals surface area contributed by atoms with Gasteiger partial charge in [-0.05, 0) is 49.3 Å². The van der Waals surface area contributed by atoms with Crippen LogP contribution in [-0.2, 0) is 46.4 Å². The van der Waals surface area contributed by atoms with E-state index in [9.17, 15) is 38.7 Å². The third-order valence-corrected chi connectivity index (χ3v) is 10.9. The third kappa shape index (κ3) is 13.0. The van der Waals surface area contributed by atoms with Gasteiger partial charge in [-0.15, -0.1) is 0 Å². The number of aromatic amines is 1. The summed E-state index contributed by atoms with van der Waals surface area (Å²) in [6.07, 6.45) is 1.52. The lowest BCUT2D eigenvalue weighted by Crippen LogP contribution is -2.59. The maximum absolute atomic E-state index is 14.4. The van der Waals surface area contributed by atoms with Crippen molar-refractivity contribution in [2.24, 2.45) is 28.1 Å². The van der Waals surface area contributed by atoms with Gasteiger partial charge < -0.3 is 58.8 Å². The number of aliphatic hydroxyl groups excluding tert-OH is 1. The molecule has 61 heavy (non-hydrogen) atoms. The fourth-order valence-electron chi connectivity index (χ4n) is 7.66. The van der Waals surface area contributed by atoms with Crippen LogP contribution in [0.15, 0.2) is 65.8 Å². The molecule has 13 N–H and O–H groups in total. The van der Waals surface area contributed by atoms with Gasteiger partial charge in [0, 0.05) is 68.3 Å². The Morgan fingerprint density at radius 1 is 0.820 bits per heavy atom. The highest BCUT2D eigenvalue weighted by molar-refractivity contribution is 5.97. The first-order valence-electron chi connectivity index (χ1n) is 20.6. The number of guanidine groups is 1. The average molecular weight is 844 g/mol. The Hall–Kier alpha value is -6.50. The molecule has 5 rings (SSSR count). The minimum Gasteiger partial charge on any atom is -0.391 e. The van der Waals surface area contributed by atoms with Crippen molar-refractivity contribution in [2.75, 3.05) is 19.6 Å². The normalized spacial score (nSPS) is 25.3. The topological polar surface area (TPSA) is 309 Å². The summed E-state index contributed by atoms with van der Waals surface area (Å²) in [5.74, 6) is -5.64. The molecule has 3 heterocycles. The number of H-pyrrole nitrogens is 1. The molecule has 2 saturated heterocycles. The molecule has 7 atom stereocenters. The van der Waals surface area contributed by atoms with Crippen molar-refractivity contribution < 1.29 is 38.7 Å². The summed E-state index contributed by atoms with van der Waals surface area (Å²) in [5.41, 5.74) is 19.0. The van der Waals surface area contributed by atoms with Crippen molar-refractivity contribution in [3.8, 4) is 0 Å². The predicted octanol–water partition coefficient (Wildman–Crippen LogP) is -1.28. The lowest BCUT2D eigenvalue weighted by atomic mass is 10.0. The van der Waals surface area contributed by atoms with E-state index in [0.29, 0.717) is 24.0 Å². The monoisotopic (exact) mass is 843 g/mol. The number of amides is 7. The number of carbonyl (C=O) groups is 7. The summed E-state index contributed by atoms with van der Waals surface area (Å²) < 4.78 is 0. The molecule has 19 heteroatoms. The summed E-state index contributed by atoms with van der Waals surface area (Å²) in [4.78, 5) is 104. The molecule has 1 unspecified atom stereocenters. The van der Waals surface area contributed by atoms with Crippen LogP contribution in [0.3, 0.4) is 0 Å². The molecule has 1 aromatic heterocycles.